The van der Waals surface area contributed by atoms with Crippen LogP contribution in [0.4, 0.5) is 15.9 Å². The van der Waals surface area contributed by atoms with E-state index in [4.69, 9.17) is 5.73 Å². The summed E-state index contributed by atoms with van der Waals surface area (Å²) in [4.78, 5) is 24.0. The number of aromatic nitrogens is 2. The fraction of sp³-hybridized carbons (Fsp3) is 0.160. The summed E-state index contributed by atoms with van der Waals surface area (Å²) in [5, 5.41) is 3.88. The van der Waals surface area contributed by atoms with E-state index in [1.165, 1.54) is 29.8 Å². The zero-order valence-electron chi connectivity index (χ0n) is 17.4. The van der Waals surface area contributed by atoms with Gasteiger partial charge in [0, 0.05) is 49.0 Å². The van der Waals surface area contributed by atoms with Crippen LogP contribution < -0.4 is 11.1 Å². The van der Waals surface area contributed by atoms with E-state index in [-0.39, 0.29) is 17.5 Å². The number of nitrogens with two attached hydrogens (primary N) is 1. The van der Waals surface area contributed by atoms with Crippen molar-refractivity contribution in [2.75, 3.05) is 17.6 Å². The second-order valence-electron chi connectivity index (χ2n) is 7.98. The summed E-state index contributed by atoms with van der Waals surface area (Å²) in [5.41, 5.74) is 11.0. The normalized spacial score (nSPS) is 13.7. The Morgan fingerprint density at radius 3 is 2.81 bits per heavy atom. The van der Waals surface area contributed by atoms with Crippen molar-refractivity contribution in [1.82, 2.24) is 14.9 Å². The summed E-state index contributed by atoms with van der Waals surface area (Å²) < 4.78 is 13.1. The van der Waals surface area contributed by atoms with Crippen molar-refractivity contribution in [3.05, 3.63) is 95.1 Å². The molecule has 160 valence electrons. The fourth-order valence-electron chi connectivity index (χ4n) is 4.08. The number of amides is 1. The van der Waals surface area contributed by atoms with Crippen LogP contribution in [0, 0.1) is 5.82 Å². The van der Waals surface area contributed by atoms with Crippen molar-refractivity contribution in [1.29, 1.82) is 0 Å². The smallest absolute Gasteiger partial charge is 0.259 e. The van der Waals surface area contributed by atoms with Crippen molar-refractivity contribution >= 4 is 28.3 Å². The van der Waals surface area contributed by atoms with Gasteiger partial charge in [-0.15, -0.1) is 0 Å². The topological polar surface area (TPSA) is 84.1 Å². The highest BCUT2D eigenvalue weighted by Crippen LogP contribution is 2.24. The monoisotopic (exact) mass is 427 g/mol. The van der Waals surface area contributed by atoms with Gasteiger partial charge in [0.2, 0.25) is 0 Å². The van der Waals surface area contributed by atoms with Crippen LogP contribution in [0.3, 0.4) is 0 Å². The van der Waals surface area contributed by atoms with Gasteiger partial charge in [-0.2, -0.15) is 0 Å². The van der Waals surface area contributed by atoms with Gasteiger partial charge in [-0.3, -0.25) is 14.7 Å². The van der Waals surface area contributed by atoms with E-state index >= 15 is 0 Å². The van der Waals surface area contributed by atoms with E-state index < -0.39 is 0 Å². The number of rotatable bonds is 4. The molecule has 3 heterocycles. The Balaban J connectivity index is 1.33. The van der Waals surface area contributed by atoms with Gasteiger partial charge in [0.1, 0.15) is 11.6 Å². The molecule has 0 unspecified atom stereocenters. The molecule has 0 aliphatic carbocycles. The first kappa shape index (κ1) is 20.1. The van der Waals surface area contributed by atoms with Gasteiger partial charge in [0.25, 0.3) is 5.91 Å². The minimum Gasteiger partial charge on any atom is -0.383 e. The van der Waals surface area contributed by atoms with E-state index in [0.29, 0.717) is 17.8 Å². The third-order valence-corrected chi connectivity index (χ3v) is 5.70. The first-order valence-corrected chi connectivity index (χ1v) is 10.5. The predicted molar refractivity (Wildman–Crippen MR) is 123 cm³/mol. The van der Waals surface area contributed by atoms with Crippen molar-refractivity contribution in [3.63, 3.8) is 0 Å². The molecule has 2 aromatic heterocycles. The number of hydrogen-bond donors (Lipinski definition) is 2. The number of nitrogens with one attached hydrogen (secondary N) is 1. The van der Waals surface area contributed by atoms with Gasteiger partial charge in [-0.25, -0.2) is 9.37 Å². The second kappa shape index (κ2) is 8.36. The lowest BCUT2D eigenvalue weighted by molar-refractivity contribution is 0.102. The highest BCUT2D eigenvalue weighted by atomic mass is 19.1. The average Bonchev–Trinajstić information content (AvgIpc) is 2.80. The molecule has 2 aromatic carbocycles. The SMILES string of the molecule is Nc1nc2c(cc1C(=O)Nc1ccc(F)cc1)CN(Cc1ccc3ncccc3c1)CC2. The lowest BCUT2D eigenvalue weighted by Crippen LogP contribution is -2.31. The minimum atomic E-state index is -0.360. The Labute approximate surface area is 184 Å². The molecule has 0 saturated carbocycles. The molecule has 3 N–H and O–H groups in total. The average molecular weight is 427 g/mol. The molecule has 7 heteroatoms. The number of carbonyl (C=O) groups is 1. The lowest BCUT2D eigenvalue weighted by atomic mass is 10.0. The largest absolute Gasteiger partial charge is 0.383 e. The van der Waals surface area contributed by atoms with Crippen molar-refractivity contribution in [2.24, 2.45) is 0 Å². The van der Waals surface area contributed by atoms with Gasteiger partial charge >= 0.3 is 0 Å². The first-order valence-electron chi connectivity index (χ1n) is 10.5. The van der Waals surface area contributed by atoms with Crippen LogP contribution in [0.2, 0.25) is 0 Å². The molecule has 5 rings (SSSR count). The number of carbonyl (C=O) groups excluding carboxylic acids is 1. The number of hydrogen-bond acceptors (Lipinski definition) is 5. The van der Waals surface area contributed by atoms with Crippen LogP contribution in [-0.2, 0) is 19.5 Å². The maximum Gasteiger partial charge on any atom is 0.259 e. The summed E-state index contributed by atoms with van der Waals surface area (Å²) in [5.74, 6) is -0.511. The highest BCUT2D eigenvalue weighted by Gasteiger charge is 2.22. The molecular weight excluding hydrogens is 405 g/mol. The molecule has 4 aromatic rings. The van der Waals surface area contributed by atoms with Gasteiger partial charge in [0.05, 0.1) is 11.1 Å². The van der Waals surface area contributed by atoms with Crippen LogP contribution in [0.15, 0.2) is 66.9 Å². The van der Waals surface area contributed by atoms with E-state index in [9.17, 15) is 9.18 Å². The zero-order chi connectivity index (χ0) is 22.1. The predicted octanol–water partition coefficient (Wildman–Crippen LogP) is 4.16. The first-order chi connectivity index (χ1) is 15.5. The molecule has 32 heavy (non-hydrogen) atoms. The fourth-order valence-corrected chi connectivity index (χ4v) is 4.08. The van der Waals surface area contributed by atoms with E-state index in [0.717, 1.165) is 41.7 Å². The molecule has 1 amide bonds. The van der Waals surface area contributed by atoms with Crippen molar-refractivity contribution in [2.45, 2.75) is 19.5 Å². The number of anilines is 2. The second-order valence-corrected chi connectivity index (χ2v) is 7.98. The van der Waals surface area contributed by atoms with Crippen LogP contribution in [0.1, 0.15) is 27.2 Å². The Kier molecular flexibility index (Phi) is 5.25. The summed E-state index contributed by atoms with van der Waals surface area (Å²) in [6.45, 7) is 2.35. The van der Waals surface area contributed by atoms with Crippen molar-refractivity contribution in [3.8, 4) is 0 Å². The van der Waals surface area contributed by atoms with Gasteiger partial charge in [-0.1, -0.05) is 12.1 Å². The maximum atomic E-state index is 13.1. The number of fused-ring (bicyclic) bond motifs is 2. The molecule has 0 spiro atoms. The summed E-state index contributed by atoms with van der Waals surface area (Å²) in [7, 11) is 0. The van der Waals surface area contributed by atoms with Gasteiger partial charge in [-0.05, 0) is 59.7 Å². The highest BCUT2D eigenvalue weighted by molar-refractivity contribution is 6.07. The van der Waals surface area contributed by atoms with Crippen LogP contribution in [-0.4, -0.2) is 27.3 Å². The third kappa shape index (κ3) is 4.15. The summed E-state index contributed by atoms with van der Waals surface area (Å²) in [6, 6.07) is 17.8. The quantitative estimate of drug-likeness (QED) is 0.511. The third-order valence-electron chi connectivity index (χ3n) is 5.70. The van der Waals surface area contributed by atoms with Crippen LogP contribution >= 0.6 is 0 Å². The Morgan fingerprint density at radius 2 is 1.97 bits per heavy atom. The lowest BCUT2D eigenvalue weighted by Gasteiger charge is -2.29. The van der Waals surface area contributed by atoms with Crippen molar-refractivity contribution < 1.29 is 9.18 Å². The van der Waals surface area contributed by atoms with E-state index in [1.807, 2.05) is 18.2 Å². The molecule has 0 bridgehead atoms. The summed E-state index contributed by atoms with van der Waals surface area (Å²) >= 11 is 0. The van der Waals surface area contributed by atoms with Crippen LogP contribution in [0.25, 0.3) is 10.9 Å². The molecule has 1 aliphatic heterocycles. The van der Waals surface area contributed by atoms with E-state index in [2.05, 4.69) is 38.4 Å². The number of halogens is 1. The molecule has 0 radical (unpaired) electrons. The maximum absolute atomic E-state index is 13.1. The Morgan fingerprint density at radius 1 is 1.12 bits per heavy atom. The number of pyridine rings is 2. The van der Waals surface area contributed by atoms with Gasteiger partial charge in [0.15, 0.2) is 0 Å². The molecule has 0 fully saturated rings. The zero-order valence-corrected chi connectivity index (χ0v) is 17.4. The molecular formula is C25H22FN5O. The number of nitrogens with zero attached hydrogens (tertiary/aromatic N) is 3. The van der Waals surface area contributed by atoms with Gasteiger partial charge < -0.3 is 11.1 Å². The molecule has 6 nitrogen and oxygen atoms in total. The molecule has 0 atom stereocenters. The minimum absolute atomic E-state index is 0.207. The van der Waals surface area contributed by atoms with Crippen LogP contribution in [0.5, 0.6) is 0 Å². The Hall–Kier alpha value is -3.84. The number of nitrogen functional groups attached to an aromatic ring is 1. The van der Waals surface area contributed by atoms with E-state index in [1.54, 1.807) is 6.20 Å². The Bertz CT molecular complexity index is 1310. The number of benzene rings is 2. The summed E-state index contributed by atoms with van der Waals surface area (Å²) in [6.07, 6.45) is 2.57. The molecule has 1 aliphatic rings. The molecule has 0 saturated heterocycles. The standard InChI is InChI=1S/C25H22FN5O/c26-19-4-6-20(7-5-19)29-25(32)21-13-18-15-31(11-9-23(18)30-24(21)27)14-16-3-8-22-17(12-16)2-1-10-28-22/h1-8,10,12-13H,9,11,14-15H2,(H2,27,30)(H,29,32).